The number of aromatic nitrogens is 2. The van der Waals surface area contributed by atoms with Gasteiger partial charge in [-0.25, -0.2) is 0 Å². The van der Waals surface area contributed by atoms with E-state index in [1.165, 1.54) is 16.8 Å². The number of carbonyl (C=O) groups is 1. The van der Waals surface area contributed by atoms with Crippen LogP contribution >= 0.6 is 0 Å². The molecule has 5 rings (SSSR count). The molecule has 1 amide bonds. The molecular formula is C27H38N6O2. The van der Waals surface area contributed by atoms with E-state index in [1.54, 1.807) is 6.92 Å². The number of amidine groups is 1. The highest BCUT2D eigenvalue weighted by atomic mass is 16.5. The Labute approximate surface area is 208 Å². The Kier molecular flexibility index (Phi) is 7.09. The van der Waals surface area contributed by atoms with E-state index in [0.717, 1.165) is 76.4 Å². The van der Waals surface area contributed by atoms with Gasteiger partial charge in [0.15, 0.2) is 0 Å². The molecule has 1 fully saturated rings. The highest BCUT2D eigenvalue weighted by molar-refractivity contribution is 6.00. The Morgan fingerprint density at radius 3 is 2.74 bits per heavy atom. The summed E-state index contributed by atoms with van der Waals surface area (Å²) in [6, 6.07) is 7.10. The fourth-order valence-corrected chi connectivity index (χ4v) is 5.58. The fraction of sp³-hybridized carbons (Fsp3) is 0.593. The zero-order chi connectivity index (χ0) is 24.4. The van der Waals surface area contributed by atoms with E-state index in [4.69, 9.17) is 9.84 Å². The summed E-state index contributed by atoms with van der Waals surface area (Å²) in [7, 11) is 1.96. The van der Waals surface area contributed by atoms with Crippen LogP contribution in [0.3, 0.4) is 0 Å². The van der Waals surface area contributed by atoms with E-state index >= 15 is 0 Å². The maximum absolute atomic E-state index is 12.4. The lowest BCUT2D eigenvalue weighted by Crippen LogP contribution is -2.43. The van der Waals surface area contributed by atoms with Crippen molar-refractivity contribution < 1.29 is 9.53 Å². The van der Waals surface area contributed by atoms with Gasteiger partial charge in [0.25, 0.3) is 0 Å². The summed E-state index contributed by atoms with van der Waals surface area (Å²) < 4.78 is 7.57. The summed E-state index contributed by atoms with van der Waals surface area (Å²) in [5.41, 5.74) is 4.95. The van der Waals surface area contributed by atoms with Gasteiger partial charge in [-0.15, -0.1) is 0 Å². The molecule has 1 saturated heterocycles. The Morgan fingerprint density at radius 2 is 2.00 bits per heavy atom. The molecule has 188 valence electrons. The number of carbonyl (C=O) groups excluding carboxylic acids is 1. The summed E-state index contributed by atoms with van der Waals surface area (Å²) in [6.45, 7) is 8.69. The molecule has 4 heterocycles. The number of hydrogen-bond acceptors (Lipinski definition) is 6. The smallest absolute Gasteiger partial charge is 0.219 e. The van der Waals surface area contributed by atoms with Gasteiger partial charge in [-0.2, -0.15) is 10.2 Å². The van der Waals surface area contributed by atoms with Crippen molar-refractivity contribution in [1.82, 2.24) is 19.7 Å². The van der Waals surface area contributed by atoms with Crippen LogP contribution in [0.4, 0.5) is 5.69 Å². The van der Waals surface area contributed by atoms with E-state index in [1.807, 2.05) is 22.8 Å². The second kappa shape index (κ2) is 10.4. The number of amides is 1. The topological polar surface area (TPSA) is 66.2 Å². The standard InChI is InChI=1S/C27H38N6O2/c1-20-17-31(21(2)34)11-6-13-33(25-10-14-35-19-25)29-27(20)32-12-5-4-7-23-15-22(8-9-26(23)32)24-16-28-30(3)18-24/h8-9,15-16,18,20,25H,4-7,10-14,17,19H2,1-3H3/b29-27+/t20?,25-/m0/s1. The average molecular weight is 479 g/mol. The van der Waals surface area contributed by atoms with Crippen LogP contribution in [0.2, 0.25) is 0 Å². The van der Waals surface area contributed by atoms with Crippen molar-refractivity contribution in [2.24, 2.45) is 18.1 Å². The fourth-order valence-electron chi connectivity index (χ4n) is 5.58. The molecule has 0 aliphatic carbocycles. The molecule has 0 saturated carbocycles. The molecule has 3 aliphatic rings. The average Bonchev–Trinajstić information content (AvgIpc) is 3.49. The van der Waals surface area contributed by atoms with Crippen molar-refractivity contribution in [3.05, 3.63) is 36.2 Å². The van der Waals surface area contributed by atoms with Gasteiger partial charge in [-0.1, -0.05) is 13.0 Å². The normalized spacial score (nSPS) is 25.2. The predicted molar refractivity (Wildman–Crippen MR) is 138 cm³/mol. The van der Waals surface area contributed by atoms with Crippen LogP contribution in [0.1, 0.15) is 45.1 Å². The number of aryl methyl sites for hydroxylation is 2. The molecule has 8 nitrogen and oxygen atoms in total. The zero-order valence-electron chi connectivity index (χ0n) is 21.3. The highest BCUT2D eigenvalue weighted by Crippen LogP contribution is 2.33. The van der Waals surface area contributed by atoms with E-state index < -0.39 is 0 Å². The summed E-state index contributed by atoms with van der Waals surface area (Å²) in [4.78, 5) is 16.8. The van der Waals surface area contributed by atoms with E-state index in [9.17, 15) is 4.79 Å². The van der Waals surface area contributed by atoms with E-state index in [-0.39, 0.29) is 11.8 Å². The number of rotatable bonds is 2. The second-order valence-electron chi connectivity index (χ2n) is 10.2. The van der Waals surface area contributed by atoms with E-state index in [0.29, 0.717) is 12.6 Å². The number of hydrogen-bond donors (Lipinski definition) is 0. The molecule has 1 unspecified atom stereocenters. The Bertz CT molecular complexity index is 1070. The Morgan fingerprint density at radius 1 is 1.11 bits per heavy atom. The van der Waals surface area contributed by atoms with Crippen LogP contribution < -0.4 is 4.90 Å². The van der Waals surface area contributed by atoms with Crippen molar-refractivity contribution >= 4 is 17.4 Å². The molecule has 0 N–H and O–H groups in total. The molecule has 3 aliphatic heterocycles. The molecule has 2 aromatic rings. The second-order valence-corrected chi connectivity index (χ2v) is 10.2. The van der Waals surface area contributed by atoms with Gasteiger partial charge in [0, 0.05) is 70.1 Å². The molecule has 1 aromatic heterocycles. The number of anilines is 1. The van der Waals surface area contributed by atoms with Gasteiger partial charge < -0.3 is 14.5 Å². The van der Waals surface area contributed by atoms with Gasteiger partial charge in [0.2, 0.25) is 5.91 Å². The lowest BCUT2D eigenvalue weighted by Gasteiger charge is -2.33. The minimum absolute atomic E-state index is 0.130. The van der Waals surface area contributed by atoms with Gasteiger partial charge in [-0.05, 0) is 55.4 Å². The van der Waals surface area contributed by atoms with Crippen molar-refractivity contribution in [3.63, 3.8) is 0 Å². The minimum Gasteiger partial charge on any atom is -0.379 e. The quantitative estimate of drug-likeness (QED) is 0.661. The summed E-state index contributed by atoms with van der Waals surface area (Å²) in [5, 5.41) is 12.0. The molecule has 8 heteroatoms. The van der Waals surface area contributed by atoms with Crippen molar-refractivity contribution in [2.45, 2.75) is 52.0 Å². The molecule has 35 heavy (non-hydrogen) atoms. The number of hydrazone groups is 1. The third-order valence-corrected chi connectivity index (χ3v) is 7.52. The summed E-state index contributed by atoms with van der Waals surface area (Å²) in [5.74, 6) is 1.35. The molecular weight excluding hydrogens is 440 g/mol. The maximum Gasteiger partial charge on any atom is 0.219 e. The van der Waals surface area contributed by atoms with Crippen molar-refractivity contribution in [3.8, 4) is 11.1 Å². The SMILES string of the molecule is CC(=O)N1CCCN([C@H]2CCOC2)/N=C(/N2CCCCc3cc(-c4cnn(C)c4)ccc32)C(C)C1. The van der Waals surface area contributed by atoms with E-state index in [2.05, 4.69) is 46.3 Å². The van der Waals surface area contributed by atoms with Crippen LogP contribution in [-0.2, 0) is 23.0 Å². The lowest BCUT2D eigenvalue weighted by atomic mass is 10.0. The number of nitrogens with zero attached hydrogens (tertiary/aromatic N) is 6. The predicted octanol–water partition coefficient (Wildman–Crippen LogP) is 3.52. The van der Waals surface area contributed by atoms with Crippen LogP contribution in [-0.4, -0.2) is 76.9 Å². The first kappa shape index (κ1) is 23.9. The monoisotopic (exact) mass is 478 g/mol. The summed E-state index contributed by atoms with van der Waals surface area (Å²) >= 11 is 0. The van der Waals surface area contributed by atoms with Crippen LogP contribution in [0.15, 0.2) is 35.7 Å². The van der Waals surface area contributed by atoms with Crippen LogP contribution in [0.25, 0.3) is 11.1 Å². The number of fused-ring (bicyclic) bond motifs is 1. The van der Waals surface area contributed by atoms with Gasteiger partial charge >= 0.3 is 0 Å². The first-order valence-corrected chi connectivity index (χ1v) is 13.1. The third kappa shape index (κ3) is 5.22. The first-order chi connectivity index (χ1) is 17.0. The Balaban J connectivity index is 1.53. The van der Waals surface area contributed by atoms with Crippen LogP contribution in [0.5, 0.6) is 0 Å². The molecule has 0 bridgehead atoms. The third-order valence-electron chi connectivity index (χ3n) is 7.52. The number of benzene rings is 1. The minimum atomic E-state index is 0.130. The lowest BCUT2D eigenvalue weighted by molar-refractivity contribution is -0.129. The Hall–Kier alpha value is -2.87. The number of ether oxygens (including phenoxy) is 1. The largest absolute Gasteiger partial charge is 0.379 e. The van der Waals surface area contributed by atoms with Gasteiger partial charge in [0.05, 0.1) is 18.8 Å². The summed E-state index contributed by atoms with van der Waals surface area (Å²) in [6.07, 6.45) is 9.25. The molecule has 1 aromatic carbocycles. The highest BCUT2D eigenvalue weighted by Gasteiger charge is 2.30. The molecule has 0 radical (unpaired) electrons. The van der Waals surface area contributed by atoms with Crippen LogP contribution in [0, 0.1) is 5.92 Å². The van der Waals surface area contributed by atoms with Crippen molar-refractivity contribution in [1.29, 1.82) is 0 Å². The van der Waals surface area contributed by atoms with Crippen molar-refractivity contribution in [2.75, 3.05) is 44.3 Å². The first-order valence-electron chi connectivity index (χ1n) is 13.1. The maximum atomic E-state index is 12.4. The zero-order valence-corrected chi connectivity index (χ0v) is 21.3. The van der Waals surface area contributed by atoms with Gasteiger partial charge in [-0.3, -0.25) is 14.5 Å². The van der Waals surface area contributed by atoms with Gasteiger partial charge in [0.1, 0.15) is 5.84 Å². The molecule has 2 atom stereocenters. The molecule has 0 spiro atoms.